The van der Waals surface area contributed by atoms with Crippen LogP contribution in [-0.4, -0.2) is 30.1 Å². The van der Waals surface area contributed by atoms with Crippen LogP contribution in [0.2, 0.25) is 0 Å². The second-order valence-corrected chi connectivity index (χ2v) is 6.79. The molecule has 0 aliphatic heterocycles. The first-order valence-corrected chi connectivity index (χ1v) is 8.58. The van der Waals surface area contributed by atoms with E-state index >= 15 is 0 Å². The number of carbonyl (C=O) groups is 1. The Labute approximate surface area is 161 Å². The number of ether oxygens (including phenoxy) is 2. The number of benzene rings is 2. The van der Waals surface area contributed by atoms with E-state index in [0.717, 1.165) is 0 Å². The van der Waals surface area contributed by atoms with Gasteiger partial charge >= 0.3 is 6.09 Å². The molecule has 0 saturated heterocycles. The predicted octanol–water partition coefficient (Wildman–Crippen LogP) is 5.24. The van der Waals surface area contributed by atoms with Crippen molar-refractivity contribution in [3.05, 3.63) is 65.9 Å². The van der Waals surface area contributed by atoms with E-state index in [2.05, 4.69) is 4.98 Å². The van der Waals surface area contributed by atoms with E-state index < -0.39 is 23.3 Å². The van der Waals surface area contributed by atoms with Gasteiger partial charge in [0.05, 0.1) is 24.4 Å². The first kappa shape index (κ1) is 19.5. The fourth-order valence-electron chi connectivity index (χ4n) is 3.00. The summed E-state index contributed by atoms with van der Waals surface area (Å²) in [4.78, 5) is 17.4. The van der Waals surface area contributed by atoms with Crippen molar-refractivity contribution in [1.29, 1.82) is 0 Å². The molecule has 3 rings (SSSR count). The minimum absolute atomic E-state index is 0.183. The molecule has 3 aromatic rings. The summed E-state index contributed by atoms with van der Waals surface area (Å²) >= 11 is 0. The molecule has 0 aliphatic rings. The van der Waals surface area contributed by atoms with Crippen molar-refractivity contribution in [3.63, 3.8) is 0 Å². The molecule has 5 nitrogen and oxygen atoms in total. The number of para-hydroxylation sites is 1. The maximum absolute atomic E-state index is 14.8. The van der Waals surface area contributed by atoms with Gasteiger partial charge in [-0.15, -0.1) is 0 Å². The molecule has 0 fully saturated rings. The number of hydrogen-bond acceptors (Lipinski definition) is 4. The third-order valence-electron chi connectivity index (χ3n) is 4.74. The summed E-state index contributed by atoms with van der Waals surface area (Å²) in [5.41, 5.74) is -0.660. The SMILES string of the molecule is COC(=O)N(C)C(C)(C)c1c(F)cccc1Oc1cnc2c(F)cccc2c1. The van der Waals surface area contributed by atoms with Gasteiger partial charge in [-0.1, -0.05) is 18.2 Å². The summed E-state index contributed by atoms with van der Waals surface area (Å²) in [6.45, 7) is 3.37. The summed E-state index contributed by atoms with van der Waals surface area (Å²) in [5.74, 6) is -0.422. The van der Waals surface area contributed by atoms with E-state index in [4.69, 9.17) is 9.47 Å². The highest BCUT2D eigenvalue weighted by Gasteiger charge is 2.35. The Morgan fingerprint density at radius 1 is 1.11 bits per heavy atom. The highest BCUT2D eigenvalue weighted by atomic mass is 19.1. The zero-order valence-corrected chi connectivity index (χ0v) is 16.0. The van der Waals surface area contributed by atoms with Crippen molar-refractivity contribution in [3.8, 4) is 11.5 Å². The highest BCUT2D eigenvalue weighted by molar-refractivity contribution is 5.80. The van der Waals surface area contributed by atoms with Crippen molar-refractivity contribution >= 4 is 17.0 Å². The van der Waals surface area contributed by atoms with Gasteiger partial charge in [-0.2, -0.15) is 0 Å². The van der Waals surface area contributed by atoms with Crippen molar-refractivity contribution in [2.24, 2.45) is 0 Å². The number of carbonyl (C=O) groups excluding carboxylic acids is 1. The van der Waals surface area contributed by atoms with Gasteiger partial charge in [-0.3, -0.25) is 0 Å². The van der Waals surface area contributed by atoms with Gasteiger partial charge in [0.25, 0.3) is 0 Å². The lowest BCUT2D eigenvalue weighted by atomic mass is 9.91. The van der Waals surface area contributed by atoms with E-state index in [1.165, 1.54) is 43.5 Å². The lowest BCUT2D eigenvalue weighted by Gasteiger charge is -2.36. The van der Waals surface area contributed by atoms with Crippen LogP contribution in [0, 0.1) is 11.6 Å². The first-order valence-electron chi connectivity index (χ1n) is 8.58. The summed E-state index contributed by atoms with van der Waals surface area (Å²) in [5, 5.41) is 0.557. The minimum Gasteiger partial charge on any atom is -0.455 e. The van der Waals surface area contributed by atoms with E-state index in [1.807, 2.05) is 0 Å². The van der Waals surface area contributed by atoms with Crippen LogP contribution in [0.1, 0.15) is 19.4 Å². The lowest BCUT2D eigenvalue weighted by molar-refractivity contribution is 0.0896. The number of nitrogens with zero attached hydrogens (tertiary/aromatic N) is 2. The fraction of sp³-hybridized carbons (Fsp3) is 0.238. The van der Waals surface area contributed by atoms with E-state index in [1.54, 1.807) is 38.1 Å². The van der Waals surface area contributed by atoms with Crippen LogP contribution in [0.3, 0.4) is 0 Å². The Hall–Kier alpha value is -3.22. The first-order chi connectivity index (χ1) is 13.3. The fourth-order valence-corrected chi connectivity index (χ4v) is 3.00. The van der Waals surface area contributed by atoms with Crippen LogP contribution in [0.15, 0.2) is 48.7 Å². The van der Waals surface area contributed by atoms with Gasteiger partial charge in [0.2, 0.25) is 0 Å². The molecule has 146 valence electrons. The van der Waals surface area contributed by atoms with Crippen LogP contribution in [0.25, 0.3) is 10.9 Å². The maximum atomic E-state index is 14.8. The Balaban J connectivity index is 2.04. The molecular formula is C21H20F2N2O3. The van der Waals surface area contributed by atoms with E-state index in [9.17, 15) is 13.6 Å². The molecule has 0 saturated carbocycles. The molecule has 0 atom stereocenters. The van der Waals surface area contributed by atoms with Gasteiger partial charge in [0, 0.05) is 12.4 Å². The van der Waals surface area contributed by atoms with Crippen molar-refractivity contribution < 1.29 is 23.0 Å². The van der Waals surface area contributed by atoms with Gasteiger partial charge in [-0.05, 0) is 38.1 Å². The van der Waals surface area contributed by atoms with Crippen molar-refractivity contribution in [2.75, 3.05) is 14.2 Å². The Kier molecular flexibility index (Phi) is 5.18. The summed E-state index contributed by atoms with van der Waals surface area (Å²) in [6, 6.07) is 10.6. The second kappa shape index (κ2) is 7.42. The maximum Gasteiger partial charge on any atom is 0.409 e. The monoisotopic (exact) mass is 386 g/mol. The average Bonchev–Trinajstić information content (AvgIpc) is 2.66. The van der Waals surface area contributed by atoms with Gasteiger partial charge in [0.15, 0.2) is 0 Å². The molecule has 1 heterocycles. The quantitative estimate of drug-likeness (QED) is 0.615. The normalized spacial score (nSPS) is 11.4. The summed E-state index contributed by atoms with van der Waals surface area (Å²) in [7, 11) is 2.77. The van der Waals surface area contributed by atoms with Crippen LogP contribution in [0.5, 0.6) is 11.5 Å². The van der Waals surface area contributed by atoms with E-state index in [-0.39, 0.29) is 16.8 Å². The molecule has 1 aromatic heterocycles. The number of fused-ring (bicyclic) bond motifs is 1. The topological polar surface area (TPSA) is 51.7 Å². The third-order valence-corrected chi connectivity index (χ3v) is 4.74. The number of halogens is 2. The van der Waals surface area contributed by atoms with Crippen molar-refractivity contribution in [1.82, 2.24) is 9.88 Å². The second-order valence-electron chi connectivity index (χ2n) is 6.79. The van der Waals surface area contributed by atoms with E-state index in [0.29, 0.717) is 11.1 Å². The smallest absolute Gasteiger partial charge is 0.409 e. The molecular weight excluding hydrogens is 366 g/mol. The molecule has 2 aromatic carbocycles. The Morgan fingerprint density at radius 2 is 1.79 bits per heavy atom. The largest absolute Gasteiger partial charge is 0.455 e. The Bertz CT molecular complexity index is 1040. The molecule has 1 amide bonds. The standard InChI is InChI=1S/C21H20F2N2O3/c1-21(2,25(3)20(26)27-4)18-15(22)8-6-10-17(18)28-14-11-13-7-5-9-16(23)19(13)24-12-14/h5-12H,1-4H3. The van der Waals surface area contributed by atoms with Crippen LogP contribution >= 0.6 is 0 Å². The van der Waals surface area contributed by atoms with Crippen LogP contribution in [0.4, 0.5) is 13.6 Å². The lowest BCUT2D eigenvalue weighted by Crippen LogP contribution is -2.43. The zero-order valence-electron chi connectivity index (χ0n) is 16.0. The van der Waals surface area contributed by atoms with Gasteiger partial charge in [0.1, 0.15) is 28.7 Å². The summed E-state index contributed by atoms with van der Waals surface area (Å²) < 4.78 is 39.2. The molecule has 0 unspecified atom stereocenters. The van der Waals surface area contributed by atoms with Crippen molar-refractivity contribution in [2.45, 2.75) is 19.4 Å². The molecule has 0 N–H and O–H groups in total. The molecule has 0 bridgehead atoms. The number of methoxy groups -OCH3 is 1. The number of aromatic nitrogens is 1. The number of hydrogen-bond donors (Lipinski definition) is 0. The molecule has 0 aliphatic carbocycles. The molecule has 7 heteroatoms. The minimum atomic E-state index is -1.07. The van der Waals surface area contributed by atoms with Gasteiger partial charge in [-0.25, -0.2) is 18.6 Å². The van der Waals surface area contributed by atoms with Crippen LogP contribution in [-0.2, 0) is 10.3 Å². The van der Waals surface area contributed by atoms with Crippen LogP contribution < -0.4 is 4.74 Å². The third kappa shape index (κ3) is 3.47. The average molecular weight is 386 g/mol. The highest BCUT2D eigenvalue weighted by Crippen LogP contribution is 2.38. The number of rotatable bonds is 4. The molecule has 0 radical (unpaired) electrons. The number of amides is 1. The molecule has 28 heavy (non-hydrogen) atoms. The zero-order chi connectivity index (χ0) is 20.5. The summed E-state index contributed by atoms with van der Waals surface area (Å²) in [6.07, 6.45) is 0.763. The Morgan fingerprint density at radius 3 is 2.50 bits per heavy atom. The molecule has 0 spiro atoms. The predicted molar refractivity (Wildman–Crippen MR) is 101 cm³/mol. The number of pyridine rings is 1. The van der Waals surface area contributed by atoms with Gasteiger partial charge < -0.3 is 14.4 Å².